The lowest BCUT2D eigenvalue weighted by atomic mass is 10.1. The summed E-state index contributed by atoms with van der Waals surface area (Å²) in [6.45, 7) is 0. The number of rotatable bonds is 6. The van der Waals surface area contributed by atoms with Gasteiger partial charge in [-0.2, -0.15) is 5.26 Å². The number of carboxylic acids is 1. The van der Waals surface area contributed by atoms with Crippen molar-refractivity contribution in [3.8, 4) is 6.07 Å². The lowest BCUT2D eigenvalue weighted by Crippen LogP contribution is -2.08. The van der Waals surface area contributed by atoms with Crippen LogP contribution in [0.1, 0.15) is 23.7 Å². The van der Waals surface area contributed by atoms with Crippen LogP contribution >= 0.6 is 11.8 Å². The summed E-state index contributed by atoms with van der Waals surface area (Å²) < 4.78 is 0. The van der Waals surface area contributed by atoms with Crippen LogP contribution in [0.4, 0.5) is 0 Å². The van der Waals surface area contributed by atoms with Gasteiger partial charge in [0, 0.05) is 6.42 Å². The first-order valence-corrected chi connectivity index (χ1v) is 6.07. The molecule has 0 bridgehead atoms. The zero-order chi connectivity index (χ0) is 11.8. The Balaban J connectivity index is 2.56. The van der Waals surface area contributed by atoms with Gasteiger partial charge in [0.05, 0.1) is 6.07 Å². The van der Waals surface area contributed by atoms with Crippen molar-refractivity contribution in [2.75, 3.05) is 5.75 Å². The summed E-state index contributed by atoms with van der Waals surface area (Å²) in [4.78, 5) is 11.1. The second-order valence-electron chi connectivity index (χ2n) is 3.26. The quantitative estimate of drug-likeness (QED) is 0.770. The molecule has 0 spiro atoms. The zero-order valence-corrected chi connectivity index (χ0v) is 9.61. The van der Waals surface area contributed by atoms with Crippen LogP contribution in [0.5, 0.6) is 0 Å². The number of carbonyl (C=O) groups is 1. The van der Waals surface area contributed by atoms with Crippen molar-refractivity contribution in [2.45, 2.75) is 18.1 Å². The smallest absolute Gasteiger partial charge is 0.321 e. The van der Waals surface area contributed by atoms with Crippen molar-refractivity contribution in [1.29, 1.82) is 5.26 Å². The number of thioether (sulfide) groups is 1. The highest BCUT2D eigenvalue weighted by Gasteiger charge is 2.19. The molecule has 0 aliphatic carbocycles. The third kappa shape index (κ3) is 3.95. The van der Waals surface area contributed by atoms with Crippen molar-refractivity contribution in [2.24, 2.45) is 0 Å². The zero-order valence-electron chi connectivity index (χ0n) is 8.80. The Labute approximate surface area is 99.1 Å². The Kier molecular flexibility index (Phi) is 5.44. The molecule has 1 aromatic carbocycles. The van der Waals surface area contributed by atoms with E-state index in [1.165, 1.54) is 11.8 Å². The fraction of sp³-hybridized carbons (Fsp3) is 0.333. The Hall–Kier alpha value is -1.47. The highest BCUT2D eigenvalue weighted by molar-refractivity contribution is 8.00. The second-order valence-corrected chi connectivity index (χ2v) is 4.47. The minimum absolute atomic E-state index is 0.480. The molecule has 16 heavy (non-hydrogen) atoms. The molecule has 84 valence electrons. The van der Waals surface area contributed by atoms with E-state index in [1.807, 2.05) is 36.4 Å². The van der Waals surface area contributed by atoms with Gasteiger partial charge in [-0.05, 0) is 17.7 Å². The Morgan fingerprint density at radius 1 is 1.44 bits per heavy atom. The van der Waals surface area contributed by atoms with E-state index < -0.39 is 11.2 Å². The molecule has 0 saturated carbocycles. The number of hydrogen-bond acceptors (Lipinski definition) is 3. The summed E-state index contributed by atoms with van der Waals surface area (Å²) in [5.41, 5.74) is 0.803. The monoisotopic (exact) mass is 235 g/mol. The van der Waals surface area contributed by atoms with Crippen LogP contribution in [0.25, 0.3) is 0 Å². The molecule has 3 nitrogen and oxygen atoms in total. The molecule has 1 aromatic rings. The molecule has 0 fully saturated rings. The summed E-state index contributed by atoms with van der Waals surface area (Å²) in [6, 6.07) is 11.2. The van der Waals surface area contributed by atoms with E-state index in [9.17, 15) is 4.79 Å². The molecular weight excluding hydrogens is 222 g/mol. The van der Waals surface area contributed by atoms with Gasteiger partial charge in [0.25, 0.3) is 0 Å². The van der Waals surface area contributed by atoms with Crippen LogP contribution < -0.4 is 0 Å². The van der Waals surface area contributed by atoms with Gasteiger partial charge in [-0.1, -0.05) is 30.3 Å². The maximum atomic E-state index is 11.1. The molecule has 0 aromatic heterocycles. The lowest BCUT2D eigenvalue weighted by molar-refractivity contribution is -0.136. The van der Waals surface area contributed by atoms with Crippen molar-refractivity contribution < 1.29 is 9.90 Å². The molecule has 1 N–H and O–H groups in total. The van der Waals surface area contributed by atoms with Gasteiger partial charge in [-0.3, -0.25) is 4.79 Å². The Morgan fingerprint density at radius 3 is 2.69 bits per heavy atom. The molecule has 0 amide bonds. The van der Waals surface area contributed by atoms with Gasteiger partial charge in [-0.25, -0.2) is 0 Å². The molecule has 0 radical (unpaired) electrons. The predicted octanol–water partition coefficient (Wildman–Crippen LogP) is 2.85. The normalized spacial score (nSPS) is 11.7. The Bertz CT molecular complexity index is 372. The maximum Gasteiger partial charge on any atom is 0.321 e. The topological polar surface area (TPSA) is 61.1 Å². The van der Waals surface area contributed by atoms with Crippen molar-refractivity contribution in [3.05, 3.63) is 35.9 Å². The van der Waals surface area contributed by atoms with Gasteiger partial charge in [0.15, 0.2) is 0 Å². The SMILES string of the molecule is N#CCCCSC(C(=O)O)c1ccccc1. The van der Waals surface area contributed by atoms with Crippen molar-refractivity contribution in [3.63, 3.8) is 0 Å². The molecule has 1 unspecified atom stereocenters. The fourth-order valence-corrected chi connectivity index (χ4v) is 2.33. The van der Waals surface area contributed by atoms with E-state index in [0.29, 0.717) is 12.2 Å². The maximum absolute atomic E-state index is 11.1. The summed E-state index contributed by atoms with van der Waals surface area (Å²) in [6.07, 6.45) is 1.21. The molecular formula is C12H13NO2S. The minimum Gasteiger partial charge on any atom is -0.480 e. The average molecular weight is 235 g/mol. The summed E-state index contributed by atoms with van der Waals surface area (Å²) in [5, 5.41) is 17.0. The first-order valence-electron chi connectivity index (χ1n) is 5.02. The second kappa shape index (κ2) is 6.91. The van der Waals surface area contributed by atoms with Crippen LogP contribution in [0, 0.1) is 11.3 Å². The number of hydrogen-bond donors (Lipinski definition) is 1. The van der Waals surface area contributed by atoms with Crippen LogP contribution in [-0.4, -0.2) is 16.8 Å². The van der Waals surface area contributed by atoms with Gasteiger partial charge in [0.1, 0.15) is 5.25 Å². The van der Waals surface area contributed by atoms with Crippen LogP contribution in [0.2, 0.25) is 0 Å². The molecule has 0 heterocycles. The molecule has 0 aliphatic heterocycles. The predicted molar refractivity (Wildman–Crippen MR) is 64.1 cm³/mol. The van der Waals surface area contributed by atoms with Gasteiger partial charge >= 0.3 is 5.97 Å². The molecule has 1 atom stereocenters. The third-order valence-corrected chi connectivity index (χ3v) is 3.38. The molecule has 0 saturated heterocycles. The van der Waals surface area contributed by atoms with Crippen LogP contribution in [-0.2, 0) is 4.79 Å². The van der Waals surface area contributed by atoms with Crippen LogP contribution in [0.15, 0.2) is 30.3 Å². The van der Waals surface area contributed by atoms with E-state index >= 15 is 0 Å². The highest BCUT2D eigenvalue weighted by Crippen LogP contribution is 2.29. The number of benzene rings is 1. The molecule has 0 aliphatic rings. The third-order valence-electron chi connectivity index (χ3n) is 2.04. The van der Waals surface area contributed by atoms with Gasteiger partial charge in [0.2, 0.25) is 0 Å². The van der Waals surface area contributed by atoms with Crippen molar-refractivity contribution >= 4 is 17.7 Å². The summed E-state index contributed by atoms with van der Waals surface area (Å²) >= 11 is 1.37. The van der Waals surface area contributed by atoms with Crippen molar-refractivity contribution in [1.82, 2.24) is 0 Å². The fourth-order valence-electron chi connectivity index (χ4n) is 1.29. The van der Waals surface area contributed by atoms with E-state index in [2.05, 4.69) is 0 Å². The number of aliphatic carboxylic acids is 1. The first-order chi connectivity index (χ1) is 7.75. The standard InChI is InChI=1S/C12H13NO2S/c13-8-4-5-9-16-11(12(14)15)10-6-2-1-3-7-10/h1-3,6-7,11H,4-5,9H2,(H,14,15). The van der Waals surface area contributed by atoms with E-state index in [-0.39, 0.29) is 0 Å². The summed E-state index contributed by atoms with van der Waals surface area (Å²) in [7, 11) is 0. The number of carboxylic acid groups (broad SMARTS) is 1. The lowest BCUT2D eigenvalue weighted by Gasteiger charge is -2.11. The number of unbranched alkanes of at least 4 members (excludes halogenated alkanes) is 1. The van der Waals surface area contributed by atoms with E-state index in [1.54, 1.807) is 0 Å². The van der Waals surface area contributed by atoms with E-state index in [4.69, 9.17) is 10.4 Å². The summed E-state index contributed by atoms with van der Waals surface area (Å²) in [5.74, 6) is -0.132. The van der Waals surface area contributed by atoms with Crippen LogP contribution in [0.3, 0.4) is 0 Å². The number of nitriles is 1. The molecule has 4 heteroatoms. The van der Waals surface area contributed by atoms with Gasteiger partial charge in [-0.15, -0.1) is 11.8 Å². The minimum atomic E-state index is -0.826. The number of nitrogens with zero attached hydrogens (tertiary/aromatic N) is 1. The Morgan fingerprint density at radius 2 is 2.12 bits per heavy atom. The largest absolute Gasteiger partial charge is 0.480 e. The van der Waals surface area contributed by atoms with Gasteiger partial charge < -0.3 is 5.11 Å². The molecule has 1 rings (SSSR count). The first kappa shape index (κ1) is 12.6. The average Bonchev–Trinajstić information content (AvgIpc) is 2.30. The van der Waals surface area contributed by atoms with E-state index in [0.717, 1.165) is 12.0 Å². The highest BCUT2D eigenvalue weighted by atomic mass is 32.2.